The molecular weight excluding hydrogens is 524 g/mol. The summed E-state index contributed by atoms with van der Waals surface area (Å²) in [5, 5.41) is 24.0. The van der Waals surface area contributed by atoms with Crippen LogP contribution in [0.5, 0.6) is 0 Å². The van der Waals surface area contributed by atoms with Crippen LogP contribution in [0.3, 0.4) is 0 Å². The van der Waals surface area contributed by atoms with Crippen molar-refractivity contribution in [3.05, 3.63) is 47.7 Å². The van der Waals surface area contributed by atoms with Crippen molar-refractivity contribution in [3.63, 3.8) is 0 Å². The van der Waals surface area contributed by atoms with Crippen molar-refractivity contribution in [2.45, 2.75) is 110 Å². The molecule has 0 aliphatic heterocycles. The molecule has 0 radical (unpaired) electrons. The topological polar surface area (TPSA) is 102 Å². The minimum atomic E-state index is -0.892. The summed E-state index contributed by atoms with van der Waals surface area (Å²) in [6, 6.07) is 7.57. The number of hydrogen-bond acceptors (Lipinski definition) is 3. The van der Waals surface area contributed by atoms with Gasteiger partial charge in [0.2, 0.25) is 5.91 Å². The Morgan fingerprint density at radius 2 is 1.90 bits per heavy atom. The second-order valence-corrected chi connectivity index (χ2v) is 14.8. The smallest absolute Gasteiger partial charge is 0.305 e. The zero-order valence-corrected chi connectivity index (χ0v) is 25.7. The summed E-state index contributed by atoms with van der Waals surface area (Å²) in [5.74, 6) is 2.40. The van der Waals surface area contributed by atoms with Gasteiger partial charge in [-0.1, -0.05) is 50.6 Å². The normalized spacial score (nSPS) is 35.4. The number of carbonyl (C=O) groups is 2. The highest BCUT2D eigenvalue weighted by Crippen LogP contribution is 2.67. The van der Waals surface area contributed by atoms with Gasteiger partial charge in [0.05, 0.1) is 12.5 Å². The second kappa shape index (κ2) is 11.5. The zero-order chi connectivity index (χ0) is 29.6. The number of aliphatic hydroxyl groups is 1. The van der Waals surface area contributed by atoms with Crippen LogP contribution >= 0.6 is 0 Å². The fourth-order valence-electron chi connectivity index (χ4n) is 10.4. The molecule has 4 N–H and O–H groups in total. The molecule has 1 heterocycles. The minimum Gasteiger partial charge on any atom is -0.481 e. The second-order valence-electron chi connectivity index (χ2n) is 14.8. The highest BCUT2D eigenvalue weighted by atomic mass is 16.4. The van der Waals surface area contributed by atoms with E-state index >= 15 is 0 Å². The summed E-state index contributed by atoms with van der Waals surface area (Å²) in [4.78, 5) is 28.0. The van der Waals surface area contributed by atoms with E-state index in [0.717, 1.165) is 59.9 Å². The van der Waals surface area contributed by atoms with Gasteiger partial charge in [-0.2, -0.15) is 0 Å². The largest absolute Gasteiger partial charge is 0.481 e. The number of aliphatic hydroxyl groups excluding tert-OH is 1. The van der Waals surface area contributed by atoms with E-state index in [1.54, 1.807) is 0 Å². The molecule has 3 fully saturated rings. The Bertz CT molecular complexity index is 1350. The Morgan fingerprint density at radius 1 is 1.10 bits per heavy atom. The van der Waals surface area contributed by atoms with Crippen molar-refractivity contribution in [3.8, 4) is 0 Å². The van der Waals surface area contributed by atoms with Crippen LogP contribution in [0.4, 0.5) is 0 Å². The molecule has 6 nitrogen and oxygen atoms in total. The lowest BCUT2D eigenvalue weighted by Crippen LogP contribution is -2.50. The third kappa shape index (κ3) is 5.33. The standard InChI is InChI=1S/C36H50N2O4/c1-22(8-13-33(40)38-25(20-34(41)42)18-23-21-37-32-7-5-4-6-27(23)32)29-11-12-30-28-10-9-24-19-26(39)14-16-35(24,2)31(28)15-17-36(29,30)3/h4-7,9,21-22,25-26,28-31,37,39H,8,10-20H2,1-3H3,(H,38,40)(H,41,42)/t22-,25+,26+,28+,29-,30+,31+,35+,36-/m1/s1. The predicted octanol–water partition coefficient (Wildman–Crippen LogP) is 7.03. The Morgan fingerprint density at radius 3 is 2.71 bits per heavy atom. The lowest BCUT2D eigenvalue weighted by atomic mass is 9.47. The SMILES string of the molecule is C[C@H](CCC(=O)N[C@H](CC(=O)O)Cc1c[nH]c2ccccc12)[C@H]1CC[C@H]2[C@@H]3CC=C4C[C@@H](O)CC[C@]4(C)[C@H]3CC[C@]12C. The molecule has 2 aromatic rings. The lowest BCUT2D eigenvalue weighted by molar-refractivity contribution is -0.137. The highest BCUT2D eigenvalue weighted by molar-refractivity contribution is 5.83. The Kier molecular flexibility index (Phi) is 8.06. The third-order valence-corrected chi connectivity index (χ3v) is 12.6. The maximum absolute atomic E-state index is 13.2. The van der Waals surface area contributed by atoms with Crippen molar-refractivity contribution < 1.29 is 19.8 Å². The number of carbonyl (C=O) groups excluding carboxylic acids is 1. The zero-order valence-electron chi connectivity index (χ0n) is 25.7. The molecule has 0 saturated heterocycles. The van der Waals surface area contributed by atoms with E-state index in [1.165, 1.54) is 37.7 Å². The molecule has 1 aromatic carbocycles. The van der Waals surface area contributed by atoms with Crippen LogP contribution in [0.15, 0.2) is 42.1 Å². The van der Waals surface area contributed by atoms with Crippen molar-refractivity contribution in [2.24, 2.45) is 40.4 Å². The van der Waals surface area contributed by atoms with Crippen molar-refractivity contribution >= 4 is 22.8 Å². The molecule has 6 heteroatoms. The number of hydrogen-bond donors (Lipinski definition) is 4. The van der Waals surface area contributed by atoms with Crippen LogP contribution in [-0.4, -0.2) is 39.2 Å². The number of aromatic nitrogens is 1. The molecule has 4 aliphatic carbocycles. The number of nitrogens with one attached hydrogen (secondary N) is 2. The molecule has 1 aromatic heterocycles. The van der Waals surface area contributed by atoms with E-state index < -0.39 is 12.0 Å². The van der Waals surface area contributed by atoms with Gasteiger partial charge in [0.15, 0.2) is 0 Å². The maximum atomic E-state index is 13.2. The van der Waals surface area contributed by atoms with Crippen LogP contribution in [0, 0.1) is 40.4 Å². The number of allylic oxidation sites excluding steroid dienone is 1. The number of fused-ring (bicyclic) bond motifs is 6. The average molecular weight is 575 g/mol. The monoisotopic (exact) mass is 574 g/mol. The highest BCUT2D eigenvalue weighted by Gasteiger charge is 2.59. The third-order valence-electron chi connectivity index (χ3n) is 12.6. The maximum Gasteiger partial charge on any atom is 0.305 e. The first-order valence-electron chi connectivity index (χ1n) is 16.5. The number of aromatic amines is 1. The molecule has 0 unspecified atom stereocenters. The summed E-state index contributed by atoms with van der Waals surface area (Å²) < 4.78 is 0. The Balaban J connectivity index is 1.07. The van der Waals surface area contributed by atoms with Crippen LogP contribution in [0.1, 0.15) is 97.0 Å². The fourth-order valence-corrected chi connectivity index (χ4v) is 10.4. The molecular formula is C36H50N2O4. The summed E-state index contributed by atoms with van der Waals surface area (Å²) in [5.41, 5.74) is 4.19. The first-order valence-corrected chi connectivity index (χ1v) is 16.5. The molecule has 228 valence electrons. The molecule has 1 amide bonds. The van der Waals surface area contributed by atoms with Crippen LogP contribution < -0.4 is 5.32 Å². The molecule has 42 heavy (non-hydrogen) atoms. The van der Waals surface area contributed by atoms with E-state index in [1.807, 2.05) is 30.5 Å². The predicted molar refractivity (Wildman–Crippen MR) is 166 cm³/mol. The average Bonchev–Trinajstić information content (AvgIpc) is 3.52. The van der Waals surface area contributed by atoms with Crippen LogP contribution in [0.2, 0.25) is 0 Å². The van der Waals surface area contributed by atoms with E-state index in [0.29, 0.717) is 30.1 Å². The molecule has 4 aliphatic rings. The van der Waals surface area contributed by atoms with E-state index in [-0.39, 0.29) is 23.8 Å². The Hall–Kier alpha value is -2.60. The molecule has 0 bridgehead atoms. The van der Waals surface area contributed by atoms with Crippen LogP contribution in [0.25, 0.3) is 10.9 Å². The van der Waals surface area contributed by atoms with Gasteiger partial charge >= 0.3 is 5.97 Å². The number of carboxylic acids is 1. The fraction of sp³-hybridized carbons (Fsp3) is 0.667. The molecule has 0 spiro atoms. The van der Waals surface area contributed by atoms with E-state index in [9.17, 15) is 19.8 Å². The summed E-state index contributed by atoms with van der Waals surface area (Å²) in [6.07, 6.45) is 15.2. The minimum absolute atomic E-state index is 0.0336. The molecule has 3 saturated carbocycles. The quantitative estimate of drug-likeness (QED) is 0.242. The first kappa shape index (κ1) is 29.5. The number of rotatable bonds is 9. The van der Waals surface area contributed by atoms with Gasteiger partial charge in [0, 0.05) is 29.6 Å². The number of para-hydroxylation sites is 1. The van der Waals surface area contributed by atoms with Gasteiger partial charge in [0.1, 0.15) is 0 Å². The van der Waals surface area contributed by atoms with Crippen molar-refractivity contribution in [1.29, 1.82) is 0 Å². The molecule has 9 atom stereocenters. The summed E-state index contributed by atoms with van der Waals surface area (Å²) >= 11 is 0. The van der Waals surface area contributed by atoms with Crippen LogP contribution in [-0.2, 0) is 16.0 Å². The summed E-state index contributed by atoms with van der Waals surface area (Å²) in [7, 11) is 0. The van der Waals surface area contributed by atoms with Crippen molar-refractivity contribution in [2.75, 3.05) is 0 Å². The number of H-pyrrole nitrogens is 1. The number of carboxylic acid groups (broad SMARTS) is 1. The van der Waals surface area contributed by atoms with Gasteiger partial charge < -0.3 is 20.5 Å². The lowest BCUT2D eigenvalue weighted by Gasteiger charge is -2.58. The van der Waals surface area contributed by atoms with Crippen molar-refractivity contribution in [1.82, 2.24) is 10.3 Å². The van der Waals surface area contributed by atoms with Gasteiger partial charge in [0.25, 0.3) is 0 Å². The molecule has 6 rings (SSSR count). The van der Waals surface area contributed by atoms with Gasteiger partial charge in [-0.15, -0.1) is 0 Å². The van der Waals surface area contributed by atoms with E-state index in [4.69, 9.17) is 0 Å². The van der Waals surface area contributed by atoms with Gasteiger partial charge in [-0.05, 0) is 116 Å². The number of aliphatic carboxylic acids is 1. The first-order chi connectivity index (χ1) is 20.1. The summed E-state index contributed by atoms with van der Waals surface area (Å²) in [6.45, 7) is 7.40. The van der Waals surface area contributed by atoms with Gasteiger partial charge in [-0.3, -0.25) is 9.59 Å². The number of amides is 1. The Labute approximate surface area is 250 Å². The van der Waals surface area contributed by atoms with E-state index in [2.05, 4.69) is 37.1 Å². The van der Waals surface area contributed by atoms with Gasteiger partial charge in [-0.25, -0.2) is 0 Å². The number of benzene rings is 1.